The number of hydrogen-bond donors (Lipinski definition) is 0. The van der Waals surface area contributed by atoms with Crippen molar-refractivity contribution in [1.29, 1.82) is 0 Å². The highest BCUT2D eigenvalue weighted by molar-refractivity contribution is 6.62. The van der Waals surface area contributed by atoms with Gasteiger partial charge >= 0.3 is 7.12 Å². The molecule has 0 aromatic heterocycles. The van der Waals surface area contributed by atoms with Gasteiger partial charge in [0, 0.05) is 12.1 Å². The standard InChI is InChI=1S/C16H22BFO3/c1-15(2)16(3,4)21-17(20-15)12-8-7-11(10-13(12)18)14-6-5-9-19-14/h7-8,10,14H,5-6,9H2,1-4H3. The Kier molecular flexibility index (Phi) is 3.63. The summed E-state index contributed by atoms with van der Waals surface area (Å²) in [7, 11) is -0.659. The van der Waals surface area contributed by atoms with E-state index in [1.54, 1.807) is 12.1 Å². The first-order chi connectivity index (χ1) is 9.80. The molecule has 1 aromatic rings. The van der Waals surface area contributed by atoms with Gasteiger partial charge in [0.25, 0.3) is 0 Å². The van der Waals surface area contributed by atoms with Crippen LogP contribution in [0, 0.1) is 5.82 Å². The van der Waals surface area contributed by atoms with Gasteiger partial charge in [0.1, 0.15) is 5.82 Å². The summed E-state index contributed by atoms with van der Waals surface area (Å²) in [6.45, 7) is 8.61. The summed E-state index contributed by atoms with van der Waals surface area (Å²) in [6, 6.07) is 5.23. The number of hydrogen-bond acceptors (Lipinski definition) is 3. The van der Waals surface area contributed by atoms with Gasteiger partial charge in [-0.15, -0.1) is 0 Å². The number of benzene rings is 1. The van der Waals surface area contributed by atoms with Gasteiger partial charge in [-0.05, 0) is 52.2 Å². The summed E-state index contributed by atoms with van der Waals surface area (Å²) in [5.41, 5.74) is 0.426. The Morgan fingerprint density at radius 1 is 1.14 bits per heavy atom. The summed E-state index contributed by atoms with van der Waals surface area (Å²) in [5, 5.41) is 0. The Labute approximate surface area is 125 Å². The highest BCUT2D eigenvalue weighted by Gasteiger charge is 2.52. The molecular weight excluding hydrogens is 270 g/mol. The fourth-order valence-corrected chi connectivity index (χ4v) is 2.75. The van der Waals surface area contributed by atoms with Crippen molar-refractivity contribution in [2.24, 2.45) is 0 Å². The van der Waals surface area contributed by atoms with Crippen LogP contribution in [0.15, 0.2) is 18.2 Å². The van der Waals surface area contributed by atoms with E-state index in [1.807, 2.05) is 33.8 Å². The lowest BCUT2D eigenvalue weighted by molar-refractivity contribution is 0.00578. The summed E-state index contributed by atoms with van der Waals surface area (Å²) in [6.07, 6.45) is 2.01. The highest BCUT2D eigenvalue weighted by Crippen LogP contribution is 2.37. The average molecular weight is 292 g/mol. The van der Waals surface area contributed by atoms with Crippen LogP contribution in [0.4, 0.5) is 4.39 Å². The molecule has 2 saturated heterocycles. The van der Waals surface area contributed by atoms with E-state index in [0.29, 0.717) is 5.46 Å². The lowest BCUT2D eigenvalue weighted by Gasteiger charge is -2.32. The maximum Gasteiger partial charge on any atom is 0.497 e. The first kappa shape index (κ1) is 15.0. The molecule has 1 atom stereocenters. The van der Waals surface area contributed by atoms with E-state index in [9.17, 15) is 4.39 Å². The second-order valence-corrected chi connectivity index (χ2v) is 6.87. The van der Waals surface area contributed by atoms with Gasteiger partial charge in [-0.25, -0.2) is 4.39 Å². The normalized spacial score (nSPS) is 27.3. The Morgan fingerprint density at radius 2 is 1.81 bits per heavy atom. The second-order valence-electron chi connectivity index (χ2n) is 6.87. The van der Waals surface area contributed by atoms with E-state index in [2.05, 4.69) is 0 Å². The van der Waals surface area contributed by atoms with Crippen LogP contribution in [0.3, 0.4) is 0 Å². The average Bonchev–Trinajstić information content (AvgIpc) is 2.96. The van der Waals surface area contributed by atoms with Gasteiger partial charge in [0.15, 0.2) is 0 Å². The summed E-state index contributed by atoms with van der Waals surface area (Å²) < 4.78 is 31.8. The molecule has 0 saturated carbocycles. The van der Waals surface area contributed by atoms with E-state index in [0.717, 1.165) is 25.0 Å². The molecule has 3 nitrogen and oxygen atoms in total. The van der Waals surface area contributed by atoms with E-state index >= 15 is 0 Å². The summed E-state index contributed by atoms with van der Waals surface area (Å²) >= 11 is 0. The van der Waals surface area contributed by atoms with Gasteiger partial charge in [0.05, 0.1) is 17.3 Å². The van der Waals surface area contributed by atoms with Gasteiger partial charge in [-0.1, -0.05) is 12.1 Å². The molecule has 3 rings (SSSR count). The molecule has 0 bridgehead atoms. The molecular formula is C16H22BFO3. The van der Waals surface area contributed by atoms with Gasteiger partial charge < -0.3 is 14.0 Å². The number of halogens is 1. The molecule has 114 valence electrons. The molecule has 0 aliphatic carbocycles. The quantitative estimate of drug-likeness (QED) is 0.784. The molecule has 2 fully saturated rings. The van der Waals surface area contributed by atoms with Crippen molar-refractivity contribution in [3.8, 4) is 0 Å². The van der Waals surface area contributed by atoms with Crippen molar-refractivity contribution in [3.63, 3.8) is 0 Å². The molecule has 0 spiro atoms. The summed E-state index contributed by atoms with van der Waals surface area (Å²) in [4.78, 5) is 0. The van der Waals surface area contributed by atoms with Crippen LogP contribution >= 0.6 is 0 Å². The Balaban J connectivity index is 1.84. The smallest absolute Gasteiger partial charge is 0.399 e. The highest BCUT2D eigenvalue weighted by atomic mass is 19.1. The summed E-state index contributed by atoms with van der Waals surface area (Å²) in [5.74, 6) is -0.290. The molecule has 5 heteroatoms. The fraction of sp³-hybridized carbons (Fsp3) is 0.625. The van der Waals surface area contributed by atoms with E-state index in [1.165, 1.54) is 0 Å². The van der Waals surface area contributed by atoms with Crippen molar-refractivity contribution in [1.82, 2.24) is 0 Å². The van der Waals surface area contributed by atoms with Crippen LogP contribution in [0.1, 0.15) is 52.2 Å². The lowest BCUT2D eigenvalue weighted by atomic mass is 9.78. The molecule has 2 heterocycles. The van der Waals surface area contributed by atoms with Crippen LogP contribution in [-0.4, -0.2) is 24.9 Å². The minimum atomic E-state index is -0.659. The van der Waals surface area contributed by atoms with Gasteiger partial charge in [0.2, 0.25) is 0 Å². The Bertz CT molecular complexity index is 522. The van der Waals surface area contributed by atoms with Crippen molar-refractivity contribution < 1.29 is 18.4 Å². The van der Waals surface area contributed by atoms with Gasteiger partial charge in [-0.3, -0.25) is 0 Å². The first-order valence-electron chi connectivity index (χ1n) is 7.57. The largest absolute Gasteiger partial charge is 0.497 e. The van der Waals surface area contributed by atoms with E-state index < -0.39 is 18.3 Å². The molecule has 1 aromatic carbocycles. The SMILES string of the molecule is CC1(C)OB(c2ccc(C3CCCO3)cc2F)OC1(C)C. The molecule has 2 aliphatic rings. The minimum absolute atomic E-state index is 0.0202. The van der Waals surface area contributed by atoms with E-state index in [4.69, 9.17) is 14.0 Å². The number of ether oxygens (including phenoxy) is 1. The van der Waals surface area contributed by atoms with Crippen molar-refractivity contribution in [2.45, 2.75) is 57.8 Å². The zero-order chi connectivity index (χ0) is 15.3. The zero-order valence-electron chi connectivity index (χ0n) is 13.1. The maximum absolute atomic E-state index is 14.4. The lowest BCUT2D eigenvalue weighted by Crippen LogP contribution is -2.41. The predicted octanol–water partition coefficient (Wildman–Crippen LogP) is 2.98. The zero-order valence-corrected chi connectivity index (χ0v) is 13.1. The number of rotatable bonds is 2. The molecule has 21 heavy (non-hydrogen) atoms. The monoisotopic (exact) mass is 292 g/mol. The first-order valence-corrected chi connectivity index (χ1v) is 7.57. The minimum Gasteiger partial charge on any atom is -0.399 e. The topological polar surface area (TPSA) is 27.7 Å². The van der Waals surface area contributed by atoms with Gasteiger partial charge in [-0.2, -0.15) is 0 Å². The Morgan fingerprint density at radius 3 is 2.33 bits per heavy atom. The molecule has 0 radical (unpaired) electrons. The van der Waals surface area contributed by atoms with Crippen molar-refractivity contribution in [2.75, 3.05) is 6.61 Å². The fourth-order valence-electron chi connectivity index (χ4n) is 2.75. The molecule has 0 N–H and O–H groups in total. The van der Waals surface area contributed by atoms with Crippen LogP contribution < -0.4 is 5.46 Å². The van der Waals surface area contributed by atoms with Crippen LogP contribution in [-0.2, 0) is 14.0 Å². The third-order valence-corrected chi connectivity index (χ3v) is 4.83. The molecule has 2 aliphatic heterocycles. The third-order valence-electron chi connectivity index (χ3n) is 4.83. The second kappa shape index (κ2) is 5.08. The van der Waals surface area contributed by atoms with Crippen molar-refractivity contribution >= 4 is 12.6 Å². The van der Waals surface area contributed by atoms with Crippen LogP contribution in [0.25, 0.3) is 0 Å². The molecule has 0 amide bonds. The van der Waals surface area contributed by atoms with Crippen LogP contribution in [0.2, 0.25) is 0 Å². The van der Waals surface area contributed by atoms with Crippen LogP contribution in [0.5, 0.6) is 0 Å². The van der Waals surface area contributed by atoms with E-state index in [-0.39, 0.29) is 11.9 Å². The van der Waals surface area contributed by atoms with Crippen molar-refractivity contribution in [3.05, 3.63) is 29.6 Å². The predicted molar refractivity (Wildman–Crippen MR) is 80.0 cm³/mol. The Hall–Kier alpha value is -0.905. The third kappa shape index (κ3) is 2.63. The molecule has 1 unspecified atom stereocenters. The maximum atomic E-state index is 14.4.